The molecule has 0 aliphatic heterocycles. The summed E-state index contributed by atoms with van der Waals surface area (Å²) in [6.07, 6.45) is 5.98. The molecule has 0 radical (unpaired) electrons. The van der Waals surface area contributed by atoms with Crippen LogP contribution in [0.15, 0.2) is 43.0 Å². The van der Waals surface area contributed by atoms with E-state index in [9.17, 15) is 4.39 Å². The number of nitrogens with two attached hydrogens (primary N) is 1. The Morgan fingerprint density at radius 2 is 1.95 bits per heavy atom. The molecule has 0 amide bonds. The van der Waals surface area contributed by atoms with Crippen molar-refractivity contribution in [3.8, 4) is 22.4 Å². The zero-order chi connectivity index (χ0) is 13.2. The van der Waals surface area contributed by atoms with Crippen LogP contribution in [0.2, 0.25) is 0 Å². The van der Waals surface area contributed by atoms with Crippen molar-refractivity contribution in [3.05, 3.63) is 48.8 Å². The Morgan fingerprint density at radius 1 is 1.11 bits per heavy atom. The number of hydrogen-bond donors (Lipinski definition) is 2. The quantitative estimate of drug-likeness (QED) is 0.736. The molecular formula is C13H10FN5. The highest BCUT2D eigenvalue weighted by Crippen LogP contribution is 2.34. The predicted molar refractivity (Wildman–Crippen MR) is 69.4 cm³/mol. The summed E-state index contributed by atoms with van der Waals surface area (Å²) in [5.41, 5.74) is 8.16. The molecule has 0 aliphatic rings. The van der Waals surface area contributed by atoms with Crippen molar-refractivity contribution >= 4 is 5.82 Å². The van der Waals surface area contributed by atoms with E-state index in [0.717, 1.165) is 11.8 Å². The summed E-state index contributed by atoms with van der Waals surface area (Å²) in [7, 11) is 0. The standard InChI is InChI=1S/C13H10FN5/c14-10-7-17-5-3-9(10)12-11(13(15)19-18-12)8-2-1-4-16-6-8/h1-7H,(H3,15,18,19). The van der Waals surface area contributed by atoms with Gasteiger partial charge in [-0.15, -0.1) is 0 Å². The van der Waals surface area contributed by atoms with Crippen molar-refractivity contribution < 1.29 is 4.39 Å². The van der Waals surface area contributed by atoms with Crippen LogP contribution in [0.4, 0.5) is 10.2 Å². The predicted octanol–water partition coefficient (Wildman–Crippen LogP) is 2.25. The van der Waals surface area contributed by atoms with Gasteiger partial charge in [0.25, 0.3) is 0 Å². The van der Waals surface area contributed by atoms with Crippen molar-refractivity contribution in [2.75, 3.05) is 5.73 Å². The fraction of sp³-hybridized carbons (Fsp3) is 0. The number of rotatable bonds is 2. The Hall–Kier alpha value is -2.76. The fourth-order valence-corrected chi connectivity index (χ4v) is 1.93. The van der Waals surface area contributed by atoms with Crippen molar-refractivity contribution in [1.82, 2.24) is 20.2 Å². The number of H-pyrrole nitrogens is 1. The molecule has 6 heteroatoms. The van der Waals surface area contributed by atoms with Gasteiger partial charge in [-0.2, -0.15) is 5.10 Å². The van der Waals surface area contributed by atoms with Crippen LogP contribution in [-0.2, 0) is 0 Å². The number of nitrogens with one attached hydrogen (secondary N) is 1. The van der Waals surface area contributed by atoms with Crippen LogP contribution in [0.3, 0.4) is 0 Å². The van der Waals surface area contributed by atoms with Gasteiger partial charge in [0.15, 0.2) is 11.6 Å². The van der Waals surface area contributed by atoms with E-state index in [2.05, 4.69) is 20.2 Å². The molecule has 0 atom stereocenters. The monoisotopic (exact) mass is 255 g/mol. The molecule has 0 spiro atoms. The Morgan fingerprint density at radius 3 is 2.68 bits per heavy atom. The SMILES string of the molecule is Nc1n[nH]c(-c2ccncc2F)c1-c1cccnc1. The molecule has 0 saturated carbocycles. The first kappa shape index (κ1) is 11.3. The van der Waals surface area contributed by atoms with Crippen molar-refractivity contribution in [1.29, 1.82) is 0 Å². The molecule has 3 N–H and O–H groups in total. The van der Waals surface area contributed by atoms with E-state index < -0.39 is 5.82 Å². The van der Waals surface area contributed by atoms with Crippen LogP contribution >= 0.6 is 0 Å². The average Bonchev–Trinajstić information content (AvgIpc) is 2.82. The molecule has 3 heterocycles. The van der Waals surface area contributed by atoms with E-state index in [4.69, 9.17) is 5.73 Å². The average molecular weight is 255 g/mol. The van der Waals surface area contributed by atoms with Gasteiger partial charge in [-0.25, -0.2) is 4.39 Å². The number of hydrogen-bond acceptors (Lipinski definition) is 4. The van der Waals surface area contributed by atoms with E-state index in [1.54, 1.807) is 24.5 Å². The van der Waals surface area contributed by atoms with Crippen LogP contribution in [-0.4, -0.2) is 20.2 Å². The Kier molecular flexibility index (Phi) is 2.68. The van der Waals surface area contributed by atoms with Gasteiger partial charge in [-0.05, 0) is 12.1 Å². The highest BCUT2D eigenvalue weighted by molar-refractivity contribution is 5.87. The molecule has 0 aliphatic carbocycles. The smallest absolute Gasteiger partial charge is 0.153 e. The Balaban J connectivity index is 2.23. The highest BCUT2D eigenvalue weighted by Gasteiger charge is 2.17. The number of anilines is 1. The van der Waals surface area contributed by atoms with Crippen LogP contribution < -0.4 is 5.73 Å². The number of halogens is 1. The molecule has 3 aromatic rings. The van der Waals surface area contributed by atoms with Gasteiger partial charge < -0.3 is 5.73 Å². The highest BCUT2D eigenvalue weighted by atomic mass is 19.1. The van der Waals surface area contributed by atoms with Crippen molar-refractivity contribution in [3.63, 3.8) is 0 Å². The fourth-order valence-electron chi connectivity index (χ4n) is 1.93. The second-order valence-corrected chi connectivity index (χ2v) is 3.96. The Labute approximate surface area is 108 Å². The summed E-state index contributed by atoms with van der Waals surface area (Å²) in [6.45, 7) is 0. The molecule has 0 aromatic carbocycles. The first-order chi connectivity index (χ1) is 9.27. The lowest BCUT2D eigenvalue weighted by atomic mass is 10.0. The topological polar surface area (TPSA) is 80.5 Å². The van der Waals surface area contributed by atoms with Gasteiger partial charge in [0.1, 0.15) is 0 Å². The van der Waals surface area contributed by atoms with Gasteiger partial charge in [0.2, 0.25) is 0 Å². The third kappa shape index (κ3) is 1.93. The minimum absolute atomic E-state index is 0.305. The van der Waals surface area contributed by atoms with Crippen molar-refractivity contribution in [2.45, 2.75) is 0 Å². The second kappa shape index (κ2) is 4.49. The normalized spacial score (nSPS) is 10.6. The molecular weight excluding hydrogens is 245 g/mol. The van der Waals surface area contributed by atoms with E-state index >= 15 is 0 Å². The third-order valence-corrected chi connectivity index (χ3v) is 2.79. The molecule has 94 valence electrons. The zero-order valence-electron chi connectivity index (χ0n) is 9.84. The molecule has 3 rings (SSSR count). The Bertz CT molecular complexity index is 708. The van der Waals surface area contributed by atoms with Gasteiger partial charge in [0, 0.05) is 29.7 Å². The minimum Gasteiger partial charge on any atom is -0.382 e. The third-order valence-electron chi connectivity index (χ3n) is 2.79. The molecule has 19 heavy (non-hydrogen) atoms. The maximum absolute atomic E-state index is 13.8. The lowest BCUT2D eigenvalue weighted by molar-refractivity contribution is 0.624. The molecule has 5 nitrogen and oxygen atoms in total. The minimum atomic E-state index is -0.434. The molecule has 0 saturated heterocycles. The summed E-state index contributed by atoms with van der Waals surface area (Å²) in [5.74, 6) is -0.129. The molecule has 0 bridgehead atoms. The second-order valence-electron chi connectivity index (χ2n) is 3.96. The summed E-state index contributed by atoms with van der Waals surface area (Å²) in [5, 5.41) is 6.71. The zero-order valence-corrected chi connectivity index (χ0v) is 9.84. The molecule has 3 aromatic heterocycles. The number of aromatic amines is 1. The van der Waals surface area contributed by atoms with Gasteiger partial charge in [-0.3, -0.25) is 15.1 Å². The summed E-state index contributed by atoms with van der Waals surface area (Å²) in [6, 6.07) is 5.20. The molecule has 0 fully saturated rings. The van der Waals surface area contributed by atoms with E-state index in [0.29, 0.717) is 22.6 Å². The maximum atomic E-state index is 13.8. The maximum Gasteiger partial charge on any atom is 0.153 e. The largest absolute Gasteiger partial charge is 0.382 e. The van der Waals surface area contributed by atoms with Crippen molar-refractivity contribution in [2.24, 2.45) is 0 Å². The lowest BCUT2D eigenvalue weighted by Crippen LogP contribution is -1.91. The van der Waals surface area contributed by atoms with Crippen LogP contribution in [0.1, 0.15) is 0 Å². The van der Waals surface area contributed by atoms with Crippen LogP contribution in [0.5, 0.6) is 0 Å². The van der Waals surface area contributed by atoms with Crippen LogP contribution in [0.25, 0.3) is 22.4 Å². The van der Waals surface area contributed by atoms with Gasteiger partial charge in [-0.1, -0.05) is 6.07 Å². The summed E-state index contributed by atoms with van der Waals surface area (Å²) in [4.78, 5) is 7.76. The van der Waals surface area contributed by atoms with E-state index in [1.165, 1.54) is 6.20 Å². The number of pyridine rings is 2. The first-order valence-electron chi connectivity index (χ1n) is 5.61. The number of aromatic nitrogens is 4. The summed E-state index contributed by atoms with van der Waals surface area (Å²) < 4.78 is 13.8. The first-order valence-corrected chi connectivity index (χ1v) is 5.61. The summed E-state index contributed by atoms with van der Waals surface area (Å²) >= 11 is 0. The number of nitrogen functional groups attached to an aromatic ring is 1. The van der Waals surface area contributed by atoms with E-state index in [-0.39, 0.29) is 0 Å². The van der Waals surface area contributed by atoms with E-state index in [1.807, 2.05) is 6.07 Å². The lowest BCUT2D eigenvalue weighted by Gasteiger charge is -2.04. The van der Waals surface area contributed by atoms with Gasteiger partial charge in [0.05, 0.1) is 17.5 Å². The number of nitrogens with zero attached hydrogens (tertiary/aromatic N) is 3. The molecule has 0 unspecified atom stereocenters. The van der Waals surface area contributed by atoms with Crippen LogP contribution in [0, 0.1) is 5.82 Å². The van der Waals surface area contributed by atoms with Gasteiger partial charge >= 0.3 is 0 Å².